The third kappa shape index (κ3) is 4.41. The molecule has 0 unspecified atom stereocenters. The lowest BCUT2D eigenvalue weighted by Gasteiger charge is -2.11. The van der Waals surface area contributed by atoms with Crippen molar-refractivity contribution in [1.29, 1.82) is 0 Å². The van der Waals surface area contributed by atoms with Crippen LogP contribution in [0.25, 0.3) is 10.9 Å². The van der Waals surface area contributed by atoms with Gasteiger partial charge in [-0.25, -0.2) is 4.39 Å². The largest absolute Gasteiger partial charge is 0.486 e. The van der Waals surface area contributed by atoms with Crippen LogP contribution in [0, 0.1) is 5.82 Å². The monoisotopic (exact) mass is 386 g/mol. The van der Waals surface area contributed by atoms with Gasteiger partial charge in [0.1, 0.15) is 6.61 Å². The molecule has 144 valence electrons. The van der Waals surface area contributed by atoms with Crippen molar-refractivity contribution in [3.8, 4) is 5.75 Å². The summed E-state index contributed by atoms with van der Waals surface area (Å²) in [5.74, 6) is -0.574. The number of carbonyl (C=O) groups is 1. The Morgan fingerprint density at radius 1 is 0.966 bits per heavy atom. The molecule has 3 aromatic carbocycles. The smallest absolute Gasteiger partial charge is 0.251 e. The van der Waals surface area contributed by atoms with E-state index in [4.69, 9.17) is 4.74 Å². The fourth-order valence-electron chi connectivity index (χ4n) is 3.03. The second-order valence-corrected chi connectivity index (χ2v) is 6.60. The third-order valence-corrected chi connectivity index (χ3v) is 4.59. The zero-order valence-electron chi connectivity index (χ0n) is 15.6. The number of fused-ring (bicyclic) bond motifs is 1. The number of pyridine rings is 1. The van der Waals surface area contributed by atoms with Crippen LogP contribution in [0.1, 0.15) is 21.5 Å². The molecule has 0 saturated carbocycles. The third-order valence-electron chi connectivity index (χ3n) is 4.59. The van der Waals surface area contributed by atoms with E-state index in [0.717, 1.165) is 16.5 Å². The molecule has 29 heavy (non-hydrogen) atoms. The van der Waals surface area contributed by atoms with Gasteiger partial charge in [-0.05, 0) is 35.9 Å². The molecule has 0 spiro atoms. The van der Waals surface area contributed by atoms with Gasteiger partial charge < -0.3 is 10.1 Å². The first-order valence-corrected chi connectivity index (χ1v) is 9.28. The molecule has 0 aliphatic heterocycles. The van der Waals surface area contributed by atoms with Crippen LogP contribution < -0.4 is 10.1 Å². The maximum absolute atomic E-state index is 14.8. The van der Waals surface area contributed by atoms with E-state index in [1.807, 2.05) is 42.5 Å². The lowest BCUT2D eigenvalue weighted by molar-refractivity contribution is 0.0950. The van der Waals surface area contributed by atoms with E-state index in [0.29, 0.717) is 11.1 Å². The summed E-state index contributed by atoms with van der Waals surface area (Å²) in [6, 6.07) is 23.5. The van der Waals surface area contributed by atoms with Gasteiger partial charge in [-0.1, -0.05) is 48.5 Å². The maximum atomic E-state index is 14.8. The van der Waals surface area contributed by atoms with Crippen molar-refractivity contribution in [2.24, 2.45) is 0 Å². The lowest BCUT2D eigenvalue weighted by Crippen LogP contribution is -2.23. The summed E-state index contributed by atoms with van der Waals surface area (Å²) >= 11 is 0. The molecule has 0 bridgehead atoms. The van der Waals surface area contributed by atoms with Gasteiger partial charge in [0.15, 0.2) is 11.6 Å². The summed E-state index contributed by atoms with van der Waals surface area (Å²) in [7, 11) is 0. The van der Waals surface area contributed by atoms with Crippen molar-refractivity contribution in [3.05, 3.63) is 108 Å². The van der Waals surface area contributed by atoms with Crippen LogP contribution in [0.2, 0.25) is 0 Å². The van der Waals surface area contributed by atoms with Gasteiger partial charge in [-0.2, -0.15) is 0 Å². The van der Waals surface area contributed by atoms with Gasteiger partial charge in [-0.15, -0.1) is 0 Å². The Bertz CT molecular complexity index is 1150. The molecule has 1 N–H and O–H groups in total. The Morgan fingerprint density at radius 2 is 1.83 bits per heavy atom. The molecule has 0 aliphatic rings. The molecule has 0 atom stereocenters. The van der Waals surface area contributed by atoms with Crippen LogP contribution >= 0.6 is 0 Å². The molecule has 0 saturated heterocycles. The predicted molar refractivity (Wildman–Crippen MR) is 110 cm³/mol. The lowest BCUT2D eigenvalue weighted by atomic mass is 10.1. The number of nitrogens with zero attached hydrogens (tertiary/aromatic N) is 1. The minimum Gasteiger partial charge on any atom is -0.486 e. The summed E-state index contributed by atoms with van der Waals surface area (Å²) in [5.41, 5.74) is 2.64. The number of hydrogen-bond acceptors (Lipinski definition) is 3. The highest BCUT2D eigenvalue weighted by Crippen LogP contribution is 2.22. The van der Waals surface area contributed by atoms with Crippen LogP contribution in [0.15, 0.2) is 85.1 Å². The molecule has 1 amide bonds. The van der Waals surface area contributed by atoms with Crippen molar-refractivity contribution in [2.75, 3.05) is 0 Å². The highest BCUT2D eigenvalue weighted by Gasteiger charge is 2.12. The van der Waals surface area contributed by atoms with Crippen LogP contribution in [-0.4, -0.2) is 10.9 Å². The van der Waals surface area contributed by atoms with E-state index in [9.17, 15) is 9.18 Å². The number of benzene rings is 3. The Kier molecular flexibility index (Phi) is 5.47. The SMILES string of the molecule is O=C(NCc1cccc(OCc2ccccc2)c1F)c1ccc2ncccc2c1. The van der Waals surface area contributed by atoms with Gasteiger partial charge in [0.2, 0.25) is 0 Å². The van der Waals surface area contributed by atoms with Crippen LogP contribution in [0.5, 0.6) is 5.75 Å². The van der Waals surface area contributed by atoms with Crippen molar-refractivity contribution in [1.82, 2.24) is 10.3 Å². The first-order valence-electron chi connectivity index (χ1n) is 9.28. The Morgan fingerprint density at radius 3 is 2.69 bits per heavy atom. The molecule has 0 aliphatic carbocycles. The van der Waals surface area contributed by atoms with Gasteiger partial charge in [0.05, 0.1) is 5.52 Å². The zero-order chi connectivity index (χ0) is 20.1. The molecule has 0 radical (unpaired) electrons. The fraction of sp³-hybridized carbons (Fsp3) is 0.0833. The first kappa shape index (κ1) is 18.6. The normalized spacial score (nSPS) is 10.7. The summed E-state index contributed by atoms with van der Waals surface area (Å²) in [4.78, 5) is 16.7. The van der Waals surface area contributed by atoms with E-state index < -0.39 is 5.82 Å². The minimum atomic E-state index is -0.466. The Hall–Kier alpha value is -3.73. The van der Waals surface area contributed by atoms with Crippen molar-refractivity contribution >= 4 is 16.8 Å². The maximum Gasteiger partial charge on any atom is 0.251 e. The van der Waals surface area contributed by atoms with Gasteiger partial charge in [-0.3, -0.25) is 9.78 Å². The number of nitrogens with one attached hydrogen (secondary N) is 1. The molecule has 4 nitrogen and oxygen atoms in total. The minimum absolute atomic E-state index is 0.0677. The number of amides is 1. The zero-order valence-corrected chi connectivity index (χ0v) is 15.6. The Balaban J connectivity index is 1.42. The van der Waals surface area contributed by atoms with Crippen LogP contribution in [0.3, 0.4) is 0 Å². The fourth-order valence-corrected chi connectivity index (χ4v) is 3.03. The van der Waals surface area contributed by atoms with Crippen LogP contribution in [-0.2, 0) is 13.2 Å². The van der Waals surface area contributed by atoms with Crippen molar-refractivity contribution in [3.63, 3.8) is 0 Å². The number of halogens is 1. The molecule has 4 rings (SSSR count). The van der Waals surface area contributed by atoms with E-state index in [2.05, 4.69) is 10.3 Å². The van der Waals surface area contributed by atoms with E-state index in [-0.39, 0.29) is 24.8 Å². The summed E-state index contributed by atoms with van der Waals surface area (Å²) < 4.78 is 20.4. The number of aromatic nitrogens is 1. The Labute approximate surface area is 168 Å². The number of carbonyl (C=O) groups excluding carboxylic acids is 1. The van der Waals surface area contributed by atoms with Gasteiger partial charge in [0.25, 0.3) is 5.91 Å². The number of rotatable bonds is 6. The van der Waals surface area contributed by atoms with Gasteiger partial charge >= 0.3 is 0 Å². The molecule has 4 aromatic rings. The average molecular weight is 386 g/mol. The molecule has 1 heterocycles. The van der Waals surface area contributed by atoms with Gasteiger partial charge in [0, 0.05) is 29.3 Å². The molecule has 0 fully saturated rings. The standard InChI is InChI=1S/C24H19FN2O2/c25-23-20(8-4-10-22(23)29-16-17-6-2-1-3-7-17)15-27-24(28)19-11-12-21-18(14-19)9-5-13-26-21/h1-14H,15-16H2,(H,27,28). The van der Waals surface area contributed by atoms with E-state index in [1.165, 1.54) is 0 Å². The second-order valence-electron chi connectivity index (χ2n) is 6.60. The molecular weight excluding hydrogens is 367 g/mol. The summed E-state index contributed by atoms with van der Waals surface area (Å²) in [6.07, 6.45) is 1.71. The quantitative estimate of drug-likeness (QED) is 0.514. The second kappa shape index (κ2) is 8.52. The van der Waals surface area contributed by atoms with Crippen molar-refractivity contribution < 1.29 is 13.9 Å². The summed E-state index contributed by atoms with van der Waals surface area (Å²) in [5, 5.41) is 3.64. The van der Waals surface area contributed by atoms with Crippen LogP contribution in [0.4, 0.5) is 4.39 Å². The van der Waals surface area contributed by atoms with E-state index in [1.54, 1.807) is 42.6 Å². The van der Waals surface area contributed by atoms with E-state index >= 15 is 0 Å². The molecular formula is C24H19FN2O2. The predicted octanol–water partition coefficient (Wildman–Crippen LogP) is 4.88. The first-order chi connectivity index (χ1) is 14.2. The average Bonchev–Trinajstić information content (AvgIpc) is 2.77. The number of hydrogen-bond donors (Lipinski definition) is 1. The molecule has 1 aromatic heterocycles. The topological polar surface area (TPSA) is 51.2 Å². The highest BCUT2D eigenvalue weighted by molar-refractivity contribution is 5.97. The number of ether oxygens (including phenoxy) is 1. The van der Waals surface area contributed by atoms with Crippen molar-refractivity contribution in [2.45, 2.75) is 13.2 Å². The molecule has 5 heteroatoms. The summed E-state index contributed by atoms with van der Waals surface area (Å²) in [6.45, 7) is 0.344. The highest BCUT2D eigenvalue weighted by atomic mass is 19.1.